The van der Waals surface area contributed by atoms with Gasteiger partial charge in [0, 0.05) is 12.5 Å². The van der Waals surface area contributed by atoms with Crippen molar-refractivity contribution in [1.29, 1.82) is 0 Å². The van der Waals surface area contributed by atoms with Gasteiger partial charge in [-0.15, -0.1) is 0 Å². The molecule has 1 atom stereocenters. The van der Waals surface area contributed by atoms with E-state index in [2.05, 4.69) is 6.92 Å². The lowest BCUT2D eigenvalue weighted by atomic mass is 10.2. The summed E-state index contributed by atoms with van der Waals surface area (Å²) in [7, 11) is 0. The lowest BCUT2D eigenvalue weighted by molar-refractivity contribution is 0.225. The van der Waals surface area contributed by atoms with Gasteiger partial charge in [0.1, 0.15) is 0 Å². The molecule has 0 aromatic carbocycles. The summed E-state index contributed by atoms with van der Waals surface area (Å²) in [5, 5.41) is 8.03. The fraction of sp³-hybridized carbons (Fsp3) is 0.750. The van der Waals surface area contributed by atoms with E-state index in [1.54, 1.807) is 0 Å². The maximum absolute atomic E-state index is 11.2. The summed E-state index contributed by atoms with van der Waals surface area (Å²) in [6.45, 7) is 2.56. The Morgan fingerprint density at radius 2 is 2.33 bits per heavy atom. The quantitative estimate of drug-likeness (QED) is 0.521. The van der Waals surface area contributed by atoms with E-state index in [1.807, 2.05) is 0 Å². The van der Waals surface area contributed by atoms with E-state index in [9.17, 15) is 4.39 Å². The highest BCUT2D eigenvalue weighted by Gasteiger charge is 1.93. The number of aliphatic hydroxyl groups excluding tert-OH is 1. The molecule has 0 bridgehead atoms. The summed E-state index contributed by atoms with van der Waals surface area (Å²) in [6, 6.07) is 0. The van der Waals surface area contributed by atoms with Gasteiger partial charge in [-0.1, -0.05) is 0 Å². The number of alkyl halides is 1. The van der Waals surface area contributed by atoms with Gasteiger partial charge >= 0.3 is 0 Å². The van der Waals surface area contributed by atoms with Gasteiger partial charge in [-0.25, -0.2) is 0 Å². The summed E-state index contributed by atoms with van der Waals surface area (Å²) in [5.74, 6) is -0.426. The molecule has 1 nitrogen and oxygen atoms in total. The zero-order valence-electron chi connectivity index (χ0n) is 3.52. The van der Waals surface area contributed by atoms with Gasteiger partial charge in [-0.2, -0.15) is 0 Å². The second-order valence-electron chi connectivity index (χ2n) is 1.20. The Morgan fingerprint density at radius 1 is 1.83 bits per heavy atom. The molecule has 2 heteroatoms. The van der Waals surface area contributed by atoms with Crippen LogP contribution in [0.5, 0.6) is 0 Å². The van der Waals surface area contributed by atoms with Crippen molar-refractivity contribution in [3.63, 3.8) is 0 Å². The predicted molar refractivity (Wildman–Crippen MR) is 21.9 cm³/mol. The Labute approximate surface area is 36.8 Å². The van der Waals surface area contributed by atoms with Crippen molar-refractivity contribution in [2.75, 3.05) is 13.3 Å². The molecule has 1 unspecified atom stereocenters. The van der Waals surface area contributed by atoms with Gasteiger partial charge in [-0.3, -0.25) is 4.39 Å². The molecule has 6 heavy (non-hydrogen) atoms. The van der Waals surface area contributed by atoms with Crippen molar-refractivity contribution in [3.05, 3.63) is 6.92 Å². The van der Waals surface area contributed by atoms with Crippen LogP contribution < -0.4 is 0 Å². The van der Waals surface area contributed by atoms with E-state index in [1.165, 1.54) is 0 Å². The average molecular weight is 91.1 g/mol. The van der Waals surface area contributed by atoms with E-state index >= 15 is 0 Å². The van der Waals surface area contributed by atoms with Gasteiger partial charge in [0.2, 0.25) is 0 Å². The van der Waals surface area contributed by atoms with Crippen LogP contribution in [-0.2, 0) is 0 Å². The molecule has 0 saturated heterocycles. The van der Waals surface area contributed by atoms with Crippen LogP contribution in [0, 0.1) is 12.8 Å². The first-order chi connectivity index (χ1) is 2.81. The zero-order chi connectivity index (χ0) is 4.99. The predicted octanol–water partition coefficient (Wildman–Crippen LogP) is 0.398. The van der Waals surface area contributed by atoms with Crippen LogP contribution in [0.25, 0.3) is 0 Å². The summed E-state index contributed by atoms with van der Waals surface area (Å²) < 4.78 is 11.2. The Morgan fingerprint density at radius 3 is 2.33 bits per heavy atom. The second kappa shape index (κ2) is 3.09. The molecule has 0 aromatic rings. The molecule has 0 heterocycles. The Balaban J connectivity index is 2.75. The van der Waals surface area contributed by atoms with Gasteiger partial charge in [0.15, 0.2) is 0 Å². The van der Waals surface area contributed by atoms with E-state index in [0.717, 1.165) is 0 Å². The smallest absolute Gasteiger partial charge is 0.0944 e. The third-order valence-corrected chi connectivity index (χ3v) is 0.476. The van der Waals surface area contributed by atoms with Crippen molar-refractivity contribution in [3.8, 4) is 0 Å². The highest BCUT2D eigenvalue weighted by Crippen LogP contribution is 1.89. The largest absolute Gasteiger partial charge is 0.396 e. The summed E-state index contributed by atoms with van der Waals surface area (Å²) in [5.41, 5.74) is 0. The van der Waals surface area contributed by atoms with E-state index in [0.29, 0.717) is 0 Å². The first kappa shape index (κ1) is 5.89. The normalized spacial score (nSPS) is 14.5. The number of aliphatic hydroxyl groups is 1. The van der Waals surface area contributed by atoms with Crippen LogP contribution in [-0.4, -0.2) is 18.4 Å². The summed E-state index contributed by atoms with van der Waals surface area (Å²) in [4.78, 5) is 0. The van der Waals surface area contributed by atoms with Crippen LogP contribution in [0.2, 0.25) is 0 Å². The molecule has 37 valence electrons. The first-order valence-electron chi connectivity index (χ1n) is 1.81. The van der Waals surface area contributed by atoms with E-state index in [4.69, 9.17) is 5.11 Å². The molecule has 0 spiro atoms. The fourth-order valence-electron chi connectivity index (χ4n) is 0.0488. The molecule has 0 aliphatic carbocycles. The minimum absolute atomic E-state index is 0.156. The molecule has 1 radical (unpaired) electrons. The maximum atomic E-state index is 11.2. The molecular formula is C4H8FO. The minimum atomic E-state index is -0.531. The second-order valence-corrected chi connectivity index (χ2v) is 1.20. The van der Waals surface area contributed by atoms with Crippen molar-refractivity contribution >= 4 is 0 Å². The third-order valence-electron chi connectivity index (χ3n) is 0.476. The fourth-order valence-corrected chi connectivity index (χ4v) is 0.0488. The van der Waals surface area contributed by atoms with Crippen LogP contribution in [0.1, 0.15) is 0 Å². The molecule has 0 saturated carbocycles. The van der Waals surface area contributed by atoms with Crippen LogP contribution >= 0.6 is 0 Å². The summed E-state index contributed by atoms with van der Waals surface area (Å²) in [6.07, 6.45) is 0. The van der Waals surface area contributed by atoms with Crippen molar-refractivity contribution < 1.29 is 9.50 Å². The number of halogens is 1. The Hall–Kier alpha value is -0.110. The lowest BCUT2D eigenvalue weighted by Crippen LogP contribution is -2.01. The third kappa shape index (κ3) is 2.15. The van der Waals surface area contributed by atoms with Crippen LogP contribution in [0.4, 0.5) is 4.39 Å². The number of rotatable bonds is 2. The summed E-state index contributed by atoms with van der Waals surface area (Å²) >= 11 is 0. The topological polar surface area (TPSA) is 20.2 Å². The van der Waals surface area contributed by atoms with Crippen LogP contribution in [0.3, 0.4) is 0 Å². The molecule has 0 aliphatic heterocycles. The van der Waals surface area contributed by atoms with E-state index in [-0.39, 0.29) is 6.61 Å². The van der Waals surface area contributed by atoms with E-state index < -0.39 is 12.6 Å². The lowest BCUT2D eigenvalue weighted by Gasteiger charge is -1.95. The van der Waals surface area contributed by atoms with Crippen molar-refractivity contribution in [1.82, 2.24) is 0 Å². The van der Waals surface area contributed by atoms with Crippen LogP contribution in [0.15, 0.2) is 0 Å². The SMILES string of the molecule is [CH2]C(CO)CF. The van der Waals surface area contributed by atoms with Gasteiger partial charge in [0.25, 0.3) is 0 Å². The van der Waals surface area contributed by atoms with Crippen molar-refractivity contribution in [2.24, 2.45) is 5.92 Å². The maximum Gasteiger partial charge on any atom is 0.0944 e. The highest BCUT2D eigenvalue weighted by molar-refractivity contribution is 4.54. The molecule has 0 amide bonds. The van der Waals surface area contributed by atoms with Gasteiger partial charge in [-0.05, 0) is 6.92 Å². The first-order valence-corrected chi connectivity index (χ1v) is 1.81. The Kier molecular flexibility index (Phi) is 3.04. The molecular weight excluding hydrogens is 83.0 g/mol. The monoisotopic (exact) mass is 91.1 g/mol. The molecule has 0 rings (SSSR count). The van der Waals surface area contributed by atoms with Gasteiger partial charge < -0.3 is 5.11 Å². The zero-order valence-corrected chi connectivity index (χ0v) is 3.52. The molecule has 0 fully saturated rings. The standard InChI is InChI=1S/C4H8FO/c1-4(2-5)3-6/h4,6H,1-3H2. The molecule has 0 aliphatic rings. The van der Waals surface area contributed by atoms with Crippen molar-refractivity contribution in [2.45, 2.75) is 0 Å². The number of hydrogen-bond donors (Lipinski definition) is 1. The Bertz CT molecular complexity index is 26.7. The number of hydrogen-bond acceptors (Lipinski definition) is 1. The van der Waals surface area contributed by atoms with Gasteiger partial charge in [0.05, 0.1) is 6.67 Å². The molecule has 1 N–H and O–H groups in total. The molecule has 0 aromatic heterocycles. The average Bonchev–Trinajstić information content (AvgIpc) is 1.65. The minimum Gasteiger partial charge on any atom is -0.396 e. The highest BCUT2D eigenvalue weighted by atomic mass is 19.1.